The van der Waals surface area contributed by atoms with Crippen LogP contribution >= 0.6 is 11.8 Å². The quantitative estimate of drug-likeness (QED) is 0.607. The number of carbonyl (C=O) groups is 1. The molecule has 0 spiro atoms. The van der Waals surface area contributed by atoms with Crippen molar-refractivity contribution in [2.75, 3.05) is 5.75 Å². The van der Waals surface area contributed by atoms with Gasteiger partial charge >= 0.3 is 23.9 Å². The third kappa shape index (κ3) is 5.59. The van der Waals surface area contributed by atoms with E-state index in [0.29, 0.717) is 0 Å². The van der Waals surface area contributed by atoms with Gasteiger partial charge in [-0.2, -0.15) is 39.5 Å². The van der Waals surface area contributed by atoms with Gasteiger partial charge in [-0.15, -0.1) is 0 Å². The van der Waals surface area contributed by atoms with Crippen molar-refractivity contribution < 1.29 is 44.3 Å². The highest BCUT2D eigenvalue weighted by Crippen LogP contribution is 2.51. The zero-order valence-electron chi connectivity index (χ0n) is 10.5. The molecule has 0 aromatic rings. The Labute approximate surface area is 118 Å². The Balaban J connectivity index is 4.96. The second-order valence-electron chi connectivity index (χ2n) is 4.10. The smallest absolute Gasteiger partial charge is 0.287 e. The van der Waals surface area contributed by atoms with Gasteiger partial charge in [0.2, 0.25) is 0 Å². The zero-order chi connectivity index (χ0) is 17.1. The number of carbonyl (C=O) groups excluding carboxylic acids is 1. The monoisotopic (exact) mass is 350 g/mol. The van der Waals surface area contributed by atoms with Crippen molar-refractivity contribution in [3.8, 4) is 0 Å². The minimum atomic E-state index is -6.18. The van der Waals surface area contributed by atoms with Crippen LogP contribution in [0.3, 0.4) is 0 Å². The van der Waals surface area contributed by atoms with Crippen LogP contribution in [0.4, 0.5) is 39.5 Å². The van der Waals surface area contributed by atoms with Crippen molar-refractivity contribution >= 4 is 16.9 Å². The first-order valence-corrected chi connectivity index (χ1v) is 6.50. The molecule has 1 nitrogen and oxygen atoms in total. The molecule has 0 aliphatic rings. The van der Waals surface area contributed by atoms with Gasteiger partial charge in [0.05, 0.1) is 0 Å². The van der Waals surface area contributed by atoms with Crippen molar-refractivity contribution in [3.63, 3.8) is 0 Å². The van der Waals surface area contributed by atoms with Crippen molar-refractivity contribution in [2.24, 2.45) is 0 Å². The lowest BCUT2D eigenvalue weighted by atomic mass is 9.99. The number of thioether (sulfide) groups is 1. The Morgan fingerprint density at radius 1 is 0.905 bits per heavy atom. The van der Waals surface area contributed by atoms with Gasteiger partial charge in [-0.05, 0) is 0 Å². The van der Waals surface area contributed by atoms with Crippen molar-refractivity contribution in [2.45, 2.75) is 50.1 Å². The summed E-state index contributed by atoms with van der Waals surface area (Å²) in [7, 11) is 0. The molecule has 0 saturated heterocycles. The van der Waals surface area contributed by atoms with Crippen LogP contribution in [0.15, 0.2) is 0 Å². The maximum atomic E-state index is 13.1. The molecule has 0 aliphatic carbocycles. The van der Waals surface area contributed by atoms with Crippen molar-refractivity contribution in [3.05, 3.63) is 0 Å². The minimum Gasteiger partial charge on any atom is -0.287 e. The molecule has 126 valence electrons. The highest BCUT2D eigenvalue weighted by atomic mass is 32.2. The van der Waals surface area contributed by atoms with Gasteiger partial charge in [-0.3, -0.25) is 4.79 Å². The van der Waals surface area contributed by atoms with E-state index in [1.165, 1.54) is 6.92 Å². The number of alkyl halides is 9. The zero-order valence-corrected chi connectivity index (χ0v) is 11.4. The molecule has 0 aromatic heterocycles. The molecule has 0 radical (unpaired) electrons. The van der Waals surface area contributed by atoms with Gasteiger partial charge in [0.25, 0.3) is 0 Å². The Kier molecular flexibility index (Phi) is 6.46. The lowest BCUT2D eigenvalue weighted by Crippen LogP contribution is -2.55. The number of hydrogen-bond acceptors (Lipinski definition) is 2. The lowest BCUT2D eigenvalue weighted by Gasteiger charge is -2.33. The first-order valence-electron chi connectivity index (χ1n) is 5.52. The third-order valence-electron chi connectivity index (χ3n) is 2.31. The maximum Gasteiger partial charge on any atom is 0.395 e. The first kappa shape index (κ1) is 20.4. The number of halogens is 9. The summed E-state index contributed by atoms with van der Waals surface area (Å²) in [6.45, 7) is 1.36. The molecule has 0 heterocycles. The summed E-state index contributed by atoms with van der Waals surface area (Å²) in [4.78, 5) is 10.8. The molecule has 0 amide bonds. The topological polar surface area (TPSA) is 17.1 Å². The Hall–Kier alpha value is -0.610. The van der Waals surface area contributed by atoms with Crippen LogP contribution in [0.25, 0.3) is 0 Å². The fourth-order valence-corrected chi connectivity index (χ4v) is 1.97. The molecule has 0 aromatic carbocycles. The van der Waals surface area contributed by atoms with Gasteiger partial charge in [0.1, 0.15) is 6.42 Å². The van der Waals surface area contributed by atoms with Gasteiger partial charge in [-0.1, -0.05) is 18.7 Å². The molecule has 0 aliphatic heterocycles. The van der Waals surface area contributed by atoms with E-state index in [4.69, 9.17) is 0 Å². The molecule has 0 atom stereocenters. The third-order valence-corrected chi connectivity index (χ3v) is 3.33. The average molecular weight is 350 g/mol. The second-order valence-corrected chi connectivity index (χ2v) is 5.25. The second kappa shape index (κ2) is 6.66. The highest BCUT2D eigenvalue weighted by Gasteiger charge is 2.72. The molecule has 0 rings (SSSR count). The molecule has 11 heteroatoms. The van der Waals surface area contributed by atoms with Crippen LogP contribution in [0.2, 0.25) is 0 Å². The van der Waals surface area contributed by atoms with Gasteiger partial charge in [-0.25, -0.2) is 0 Å². The SMILES string of the molecule is CCC(=O)SCCC(F)(F)C(F)(F)C(F)(F)CC(F)(F)F. The fourth-order valence-electron chi connectivity index (χ4n) is 1.18. The Morgan fingerprint density at radius 2 is 1.38 bits per heavy atom. The van der Waals surface area contributed by atoms with E-state index in [1.54, 1.807) is 0 Å². The van der Waals surface area contributed by atoms with E-state index in [2.05, 4.69) is 0 Å². The minimum absolute atomic E-state index is 0.0864. The van der Waals surface area contributed by atoms with Gasteiger partial charge in [0, 0.05) is 18.6 Å². The van der Waals surface area contributed by atoms with E-state index in [0.717, 1.165) is 0 Å². The first-order chi connectivity index (χ1) is 9.16. The molecule has 0 saturated carbocycles. The van der Waals surface area contributed by atoms with Crippen LogP contribution in [0.1, 0.15) is 26.2 Å². The number of hydrogen-bond donors (Lipinski definition) is 0. The molecule has 21 heavy (non-hydrogen) atoms. The molecule has 0 N–H and O–H groups in total. The summed E-state index contributed by atoms with van der Waals surface area (Å²) >= 11 is 0.224. The Bertz CT molecular complexity index is 364. The van der Waals surface area contributed by atoms with E-state index in [1.807, 2.05) is 0 Å². The van der Waals surface area contributed by atoms with E-state index in [-0.39, 0.29) is 18.2 Å². The van der Waals surface area contributed by atoms with Crippen LogP contribution in [-0.2, 0) is 4.79 Å². The normalized spacial score (nSPS) is 14.4. The summed E-state index contributed by atoms with van der Waals surface area (Å²) in [6, 6.07) is 0. The Morgan fingerprint density at radius 3 is 1.76 bits per heavy atom. The summed E-state index contributed by atoms with van der Waals surface area (Å²) in [5.41, 5.74) is 0. The average Bonchev–Trinajstić information content (AvgIpc) is 2.24. The maximum absolute atomic E-state index is 13.1. The fraction of sp³-hybridized carbons (Fsp3) is 0.900. The van der Waals surface area contributed by atoms with Crippen LogP contribution in [0, 0.1) is 0 Å². The van der Waals surface area contributed by atoms with Crippen molar-refractivity contribution in [1.82, 2.24) is 0 Å². The van der Waals surface area contributed by atoms with Crippen LogP contribution in [0.5, 0.6) is 0 Å². The summed E-state index contributed by atoms with van der Waals surface area (Å²) in [6.07, 6.45) is -11.0. The molecular formula is C10H11F9OS. The van der Waals surface area contributed by atoms with Gasteiger partial charge in [0.15, 0.2) is 5.12 Å². The molecule has 0 fully saturated rings. The summed E-state index contributed by atoms with van der Waals surface area (Å²) in [5, 5.41) is -0.629. The standard InChI is InChI=1S/C10H11F9OS/c1-2-6(20)21-4-3-7(11,12)10(18,19)8(13,14)5-9(15,16)17/h2-5H2,1H3. The lowest BCUT2D eigenvalue weighted by molar-refractivity contribution is -0.331. The largest absolute Gasteiger partial charge is 0.395 e. The highest BCUT2D eigenvalue weighted by molar-refractivity contribution is 8.13. The summed E-state index contributed by atoms with van der Waals surface area (Å²) < 4.78 is 113. The van der Waals surface area contributed by atoms with E-state index in [9.17, 15) is 44.3 Å². The van der Waals surface area contributed by atoms with Gasteiger partial charge < -0.3 is 0 Å². The molecule has 0 unspecified atom stereocenters. The van der Waals surface area contributed by atoms with E-state index >= 15 is 0 Å². The summed E-state index contributed by atoms with van der Waals surface area (Å²) in [5.74, 6) is -18.4. The van der Waals surface area contributed by atoms with Crippen LogP contribution in [-0.4, -0.2) is 34.8 Å². The predicted molar refractivity (Wildman–Crippen MR) is 57.9 cm³/mol. The van der Waals surface area contributed by atoms with E-state index < -0.39 is 47.7 Å². The van der Waals surface area contributed by atoms with Crippen LogP contribution < -0.4 is 0 Å². The predicted octanol–water partition coefficient (Wildman–Crippen LogP) is 4.90. The molecule has 0 bridgehead atoms. The number of rotatable bonds is 7. The molecular weight excluding hydrogens is 339 g/mol. The van der Waals surface area contributed by atoms with Crippen molar-refractivity contribution in [1.29, 1.82) is 0 Å².